The van der Waals surface area contributed by atoms with E-state index in [4.69, 9.17) is 0 Å². The number of hydrogen-bond acceptors (Lipinski definition) is 3. The van der Waals surface area contributed by atoms with Crippen LogP contribution in [0.3, 0.4) is 0 Å². The number of rotatable bonds is 1. The van der Waals surface area contributed by atoms with Crippen LogP contribution in [-0.4, -0.2) is 20.7 Å². The molecule has 78 valence electrons. The van der Waals surface area contributed by atoms with Gasteiger partial charge < -0.3 is 5.11 Å². The number of aliphatic hydroxyl groups is 1. The topological polar surface area (TPSA) is 46.0 Å². The maximum atomic E-state index is 9.45. The fourth-order valence-electron chi connectivity index (χ4n) is 1.20. The molecule has 3 nitrogen and oxygen atoms in total. The number of nitrogens with zero attached hydrogens (tertiary/aromatic N) is 2. The second kappa shape index (κ2) is 3.63. The van der Waals surface area contributed by atoms with Crippen LogP contribution in [0.5, 0.6) is 0 Å². The monoisotopic (exact) mass is 202 g/mol. The van der Waals surface area contributed by atoms with Crippen LogP contribution < -0.4 is 0 Å². The second-order valence-electron chi connectivity index (χ2n) is 4.38. The molecule has 1 aliphatic rings. The Balaban J connectivity index is 2.20. The molecule has 1 aromatic heterocycles. The largest absolute Gasteiger partial charge is 0.378 e. The molecule has 1 saturated carbocycles. The maximum Gasteiger partial charge on any atom is 0.132 e. The van der Waals surface area contributed by atoms with Crippen LogP contribution in [0.25, 0.3) is 0 Å². The third-order valence-electron chi connectivity index (χ3n) is 2.11. The van der Waals surface area contributed by atoms with E-state index < -0.39 is 5.60 Å². The first-order valence-electron chi connectivity index (χ1n) is 5.13. The Morgan fingerprint density at radius 1 is 1.47 bits per heavy atom. The van der Waals surface area contributed by atoms with Gasteiger partial charge in [0.1, 0.15) is 17.1 Å². The van der Waals surface area contributed by atoms with Gasteiger partial charge >= 0.3 is 0 Å². The summed E-state index contributed by atoms with van der Waals surface area (Å²) >= 11 is 0. The van der Waals surface area contributed by atoms with Crippen molar-refractivity contribution in [1.29, 1.82) is 0 Å². The highest BCUT2D eigenvalue weighted by molar-refractivity contribution is 5.30. The first kappa shape index (κ1) is 10.1. The highest BCUT2D eigenvalue weighted by Crippen LogP contribution is 2.37. The molecular weight excluding hydrogens is 188 g/mol. The molecule has 0 aliphatic heterocycles. The third-order valence-corrected chi connectivity index (χ3v) is 2.11. The Bertz CT molecular complexity index is 419. The van der Waals surface area contributed by atoms with Crippen LogP contribution >= 0.6 is 0 Å². The summed E-state index contributed by atoms with van der Waals surface area (Å²) in [5, 5.41) is 9.45. The molecule has 1 fully saturated rings. The van der Waals surface area contributed by atoms with Crippen LogP contribution in [0.4, 0.5) is 0 Å². The van der Waals surface area contributed by atoms with E-state index in [1.165, 1.54) is 12.8 Å². The first-order valence-corrected chi connectivity index (χ1v) is 5.13. The zero-order valence-corrected chi connectivity index (χ0v) is 8.99. The van der Waals surface area contributed by atoms with Gasteiger partial charge in [0.25, 0.3) is 0 Å². The first-order chi connectivity index (χ1) is 7.04. The van der Waals surface area contributed by atoms with E-state index in [2.05, 4.69) is 21.8 Å². The van der Waals surface area contributed by atoms with Gasteiger partial charge in [0, 0.05) is 12.1 Å². The quantitative estimate of drug-likeness (QED) is 0.701. The summed E-state index contributed by atoms with van der Waals surface area (Å²) in [7, 11) is 0. The van der Waals surface area contributed by atoms with E-state index >= 15 is 0 Å². The molecule has 0 unspecified atom stereocenters. The lowest BCUT2D eigenvalue weighted by atomic mass is 10.1. The highest BCUT2D eigenvalue weighted by atomic mass is 16.3. The normalized spacial score (nSPS) is 15.7. The van der Waals surface area contributed by atoms with Gasteiger partial charge in [0.2, 0.25) is 0 Å². The number of aromatic nitrogens is 2. The average molecular weight is 202 g/mol. The molecule has 0 spiro atoms. The summed E-state index contributed by atoms with van der Waals surface area (Å²) in [6, 6.07) is 1.77. The zero-order chi connectivity index (χ0) is 10.9. The van der Waals surface area contributed by atoms with Gasteiger partial charge in [0.15, 0.2) is 0 Å². The Hall–Kier alpha value is -1.40. The van der Waals surface area contributed by atoms with Crippen molar-refractivity contribution >= 4 is 0 Å². The molecule has 1 heterocycles. The summed E-state index contributed by atoms with van der Waals surface area (Å²) in [5.74, 6) is 7.02. The molecule has 0 amide bonds. The fourth-order valence-corrected chi connectivity index (χ4v) is 1.20. The van der Waals surface area contributed by atoms with Crippen molar-refractivity contribution in [2.45, 2.75) is 38.2 Å². The molecule has 2 rings (SSSR count). The third kappa shape index (κ3) is 3.03. The molecule has 0 aromatic carbocycles. The lowest BCUT2D eigenvalue weighted by molar-refractivity contribution is 0.143. The minimum Gasteiger partial charge on any atom is -0.378 e. The maximum absolute atomic E-state index is 9.45. The zero-order valence-electron chi connectivity index (χ0n) is 8.99. The van der Waals surface area contributed by atoms with Crippen molar-refractivity contribution < 1.29 is 5.11 Å². The summed E-state index contributed by atoms with van der Waals surface area (Å²) in [6.07, 6.45) is 4.10. The Labute approximate surface area is 89.6 Å². The molecular formula is C12H14N2O. The van der Waals surface area contributed by atoms with E-state index in [0.717, 1.165) is 5.82 Å². The summed E-state index contributed by atoms with van der Waals surface area (Å²) < 4.78 is 0. The van der Waals surface area contributed by atoms with Gasteiger partial charge in [-0.3, -0.25) is 0 Å². The molecule has 1 aromatic rings. The van der Waals surface area contributed by atoms with Crippen molar-refractivity contribution in [3.05, 3.63) is 23.8 Å². The Kier molecular flexibility index (Phi) is 2.45. The molecule has 0 atom stereocenters. The van der Waals surface area contributed by atoms with E-state index in [0.29, 0.717) is 11.6 Å². The van der Waals surface area contributed by atoms with Gasteiger partial charge in [-0.05, 0) is 38.7 Å². The van der Waals surface area contributed by atoms with E-state index in [9.17, 15) is 5.11 Å². The second-order valence-corrected chi connectivity index (χ2v) is 4.38. The van der Waals surface area contributed by atoms with E-state index in [1.807, 2.05) is 0 Å². The van der Waals surface area contributed by atoms with Gasteiger partial charge in [-0.2, -0.15) is 0 Å². The summed E-state index contributed by atoms with van der Waals surface area (Å²) in [5.41, 5.74) is -0.279. The van der Waals surface area contributed by atoms with Gasteiger partial charge in [-0.15, -0.1) is 0 Å². The molecule has 0 radical (unpaired) electrons. The fraction of sp³-hybridized carbons (Fsp3) is 0.500. The van der Waals surface area contributed by atoms with Crippen molar-refractivity contribution in [3.63, 3.8) is 0 Å². The van der Waals surface area contributed by atoms with Crippen LogP contribution in [0.15, 0.2) is 12.3 Å². The smallest absolute Gasteiger partial charge is 0.132 e. The Morgan fingerprint density at radius 3 is 2.80 bits per heavy atom. The molecule has 15 heavy (non-hydrogen) atoms. The standard InChI is InChI=1S/C12H14N2O/c1-12(2,15)7-5-10-6-8-13-11(14-10)9-3-4-9/h6,8-9,15H,3-4H2,1-2H3. The van der Waals surface area contributed by atoms with E-state index in [-0.39, 0.29) is 0 Å². The van der Waals surface area contributed by atoms with Crippen LogP contribution in [0.2, 0.25) is 0 Å². The SMILES string of the molecule is CC(C)(O)C#Cc1ccnc(C2CC2)n1. The molecule has 1 N–H and O–H groups in total. The number of hydrogen-bond donors (Lipinski definition) is 1. The van der Waals surface area contributed by atoms with Crippen LogP contribution in [0, 0.1) is 11.8 Å². The predicted octanol–water partition coefficient (Wildman–Crippen LogP) is 1.48. The van der Waals surface area contributed by atoms with Crippen molar-refractivity contribution in [2.24, 2.45) is 0 Å². The van der Waals surface area contributed by atoms with Gasteiger partial charge in [-0.25, -0.2) is 9.97 Å². The highest BCUT2D eigenvalue weighted by Gasteiger charge is 2.26. The molecule has 0 bridgehead atoms. The van der Waals surface area contributed by atoms with Crippen LogP contribution in [0.1, 0.15) is 44.1 Å². The minimum atomic E-state index is -0.968. The van der Waals surface area contributed by atoms with Crippen LogP contribution in [-0.2, 0) is 0 Å². The van der Waals surface area contributed by atoms with Crippen molar-refractivity contribution in [3.8, 4) is 11.8 Å². The predicted molar refractivity (Wildman–Crippen MR) is 57.2 cm³/mol. The summed E-state index contributed by atoms with van der Waals surface area (Å²) in [6.45, 7) is 3.31. The lowest BCUT2D eigenvalue weighted by Crippen LogP contribution is -2.14. The average Bonchev–Trinajstić information content (AvgIpc) is 2.97. The minimum absolute atomic E-state index is 0.536. The lowest BCUT2D eigenvalue weighted by Gasteiger charge is -2.05. The Morgan fingerprint density at radius 2 is 2.20 bits per heavy atom. The van der Waals surface area contributed by atoms with Gasteiger partial charge in [0.05, 0.1) is 0 Å². The molecule has 0 saturated heterocycles. The van der Waals surface area contributed by atoms with Crippen molar-refractivity contribution in [2.75, 3.05) is 0 Å². The van der Waals surface area contributed by atoms with E-state index in [1.54, 1.807) is 26.1 Å². The molecule has 3 heteroatoms. The van der Waals surface area contributed by atoms with Gasteiger partial charge in [-0.1, -0.05) is 5.92 Å². The molecule has 1 aliphatic carbocycles. The van der Waals surface area contributed by atoms with Crippen molar-refractivity contribution in [1.82, 2.24) is 9.97 Å². The summed E-state index contributed by atoms with van der Waals surface area (Å²) in [4.78, 5) is 8.55.